The van der Waals surface area contributed by atoms with E-state index in [2.05, 4.69) is 5.32 Å². The van der Waals surface area contributed by atoms with Crippen LogP contribution in [0.1, 0.15) is 45.1 Å². The van der Waals surface area contributed by atoms with Crippen LogP contribution in [0, 0.1) is 0 Å². The topological polar surface area (TPSA) is 102 Å². The van der Waals surface area contributed by atoms with Gasteiger partial charge >= 0.3 is 12.1 Å². The van der Waals surface area contributed by atoms with Crippen molar-refractivity contribution in [2.24, 2.45) is 0 Å². The fraction of sp³-hybridized carbons (Fsp3) is 0.500. The van der Waals surface area contributed by atoms with E-state index in [1.165, 1.54) is 25.8 Å². The molecule has 1 fully saturated rings. The van der Waals surface area contributed by atoms with Crippen LogP contribution in [0.4, 0.5) is 4.79 Å². The van der Waals surface area contributed by atoms with Crippen molar-refractivity contribution in [3.8, 4) is 0 Å². The van der Waals surface area contributed by atoms with Crippen molar-refractivity contribution >= 4 is 35.4 Å². The number of nitrogens with zero attached hydrogens (tertiary/aromatic N) is 1. The van der Waals surface area contributed by atoms with Gasteiger partial charge in [-0.3, -0.25) is 14.5 Å². The summed E-state index contributed by atoms with van der Waals surface area (Å²) >= 11 is 6.35. The molecule has 0 aromatic heterocycles. The largest absolute Gasteiger partial charge is 0.426 e. The van der Waals surface area contributed by atoms with Crippen molar-refractivity contribution in [3.63, 3.8) is 0 Å². The zero-order valence-corrected chi connectivity index (χ0v) is 17.5. The number of amides is 2. The van der Waals surface area contributed by atoms with Crippen LogP contribution in [0.2, 0.25) is 5.02 Å². The number of hydrogen-bond donors (Lipinski definition) is 1. The SMILES string of the molecule is CC(=O)NC(C)C(=O)OCOC(=O)N(C)[C@]1(c2ccccc2Cl)CCCCC1=O. The molecule has 2 rings (SSSR count). The number of ether oxygens (including phenoxy) is 2. The lowest BCUT2D eigenvalue weighted by atomic mass is 9.74. The zero-order valence-electron chi connectivity index (χ0n) is 16.7. The predicted molar refractivity (Wildman–Crippen MR) is 105 cm³/mol. The van der Waals surface area contributed by atoms with E-state index >= 15 is 0 Å². The van der Waals surface area contributed by atoms with Gasteiger partial charge in [0.1, 0.15) is 11.6 Å². The predicted octanol–water partition coefficient (Wildman–Crippen LogP) is 2.77. The van der Waals surface area contributed by atoms with Gasteiger partial charge in [-0.25, -0.2) is 9.59 Å². The molecule has 8 nitrogen and oxygen atoms in total. The normalized spacial score (nSPS) is 19.8. The maximum Gasteiger partial charge on any atom is 0.413 e. The molecule has 2 atom stereocenters. The third-order valence-corrected chi connectivity index (χ3v) is 5.31. The first-order valence-corrected chi connectivity index (χ1v) is 9.70. The molecule has 1 aliphatic rings. The molecule has 1 aromatic carbocycles. The molecule has 9 heteroatoms. The fourth-order valence-corrected chi connectivity index (χ4v) is 3.80. The molecule has 1 unspecified atom stereocenters. The molecule has 0 spiro atoms. The summed E-state index contributed by atoms with van der Waals surface area (Å²) < 4.78 is 9.92. The Labute approximate surface area is 174 Å². The minimum atomic E-state index is -1.23. The summed E-state index contributed by atoms with van der Waals surface area (Å²) in [5.74, 6) is -1.25. The number of rotatable bonds is 6. The zero-order chi connectivity index (χ0) is 21.6. The third-order valence-electron chi connectivity index (χ3n) is 4.98. The number of ketones is 1. The standard InChI is InChI=1S/C20H25ClN2O6/c1-13(22-14(2)24)18(26)28-12-29-19(27)23(3)20(11-7-6-10-17(20)25)15-8-4-5-9-16(15)21/h4-5,8-9,13H,6-7,10-12H2,1-3H3,(H,22,24)/t13?,20-/m0/s1. The van der Waals surface area contributed by atoms with Crippen molar-refractivity contribution in [3.05, 3.63) is 34.9 Å². The highest BCUT2D eigenvalue weighted by atomic mass is 35.5. The number of carbonyl (C=O) groups excluding carboxylic acids is 4. The summed E-state index contributed by atoms with van der Waals surface area (Å²) in [5, 5.41) is 2.76. The highest BCUT2D eigenvalue weighted by molar-refractivity contribution is 6.31. The van der Waals surface area contributed by atoms with Crippen molar-refractivity contribution in [2.75, 3.05) is 13.8 Å². The molecular formula is C20H25ClN2O6. The summed E-state index contributed by atoms with van der Waals surface area (Å²) in [6.07, 6.45) is 1.41. The second-order valence-corrected chi connectivity index (χ2v) is 7.35. The van der Waals surface area contributed by atoms with Crippen molar-refractivity contribution in [1.29, 1.82) is 0 Å². The Kier molecular flexibility index (Phi) is 7.61. The van der Waals surface area contributed by atoms with E-state index in [-0.39, 0.29) is 11.7 Å². The van der Waals surface area contributed by atoms with Crippen LogP contribution < -0.4 is 5.32 Å². The summed E-state index contributed by atoms with van der Waals surface area (Å²) in [6, 6.07) is 6.03. The molecule has 1 N–H and O–H groups in total. The first kappa shape index (κ1) is 22.7. The van der Waals surface area contributed by atoms with E-state index in [1.54, 1.807) is 24.3 Å². The van der Waals surface area contributed by atoms with Crippen LogP contribution >= 0.6 is 11.6 Å². The number of carbonyl (C=O) groups is 4. The molecule has 0 heterocycles. The van der Waals surface area contributed by atoms with E-state index in [0.29, 0.717) is 23.4 Å². The molecule has 0 aliphatic heterocycles. The van der Waals surface area contributed by atoms with Gasteiger partial charge in [0.2, 0.25) is 12.7 Å². The quantitative estimate of drug-likeness (QED) is 0.556. The molecular weight excluding hydrogens is 400 g/mol. The molecule has 1 saturated carbocycles. The molecule has 0 saturated heterocycles. The van der Waals surface area contributed by atoms with Gasteiger partial charge in [0.15, 0.2) is 5.78 Å². The van der Waals surface area contributed by atoms with Gasteiger partial charge in [0.25, 0.3) is 0 Å². The van der Waals surface area contributed by atoms with E-state index in [1.807, 2.05) is 0 Å². The van der Waals surface area contributed by atoms with Gasteiger partial charge in [-0.1, -0.05) is 29.8 Å². The summed E-state index contributed by atoms with van der Waals surface area (Å²) in [6.45, 7) is 2.08. The van der Waals surface area contributed by atoms with Gasteiger partial charge < -0.3 is 14.8 Å². The van der Waals surface area contributed by atoms with Crippen LogP contribution in [0.25, 0.3) is 0 Å². The number of likely N-dealkylation sites (N-methyl/N-ethyl adjacent to an activating group) is 1. The van der Waals surface area contributed by atoms with Crippen LogP contribution in [0.5, 0.6) is 0 Å². The Morgan fingerprint density at radius 3 is 2.55 bits per heavy atom. The number of halogens is 1. The average Bonchev–Trinajstić information content (AvgIpc) is 2.67. The maximum absolute atomic E-state index is 13.0. The van der Waals surface area contributed by atoms with E-state index in [9.17, 15) is 19.2 Å². The Balaban J connectivity index is 2.12. The number of benzene rings is 1. The Morgan fingerprint density at radius 2 is 1.93 bits per heavy atom. The summed E-state index contributed by atoms with van der Waals surface area (Å²) in [7, 11) is 1.47. The molecule has 29 heavy (non-hydrogen) atoms. The minimum Gasteiger partial charge on any atom is -0.426 e. The third kappa shape index (κ3) is 5.06. The van der Waals surface area contributed by atoms with Crippen molar-refractivity contribution in [2.45, 2.75) is 51.1 Å². The number of nitrogens with one attached hydrogen (secondary N) is 1. The summed E-state index contributed by atoms with van der Waals surface area (Å²) in [5.41, 5.74) is -0.691. The van der Waals surface area contributed by atoms with Crippen LogP contribution in [-0.4, -0.2) is 48.5 Å². The van der Waals surface area contributed by atoms with Crippen molar-refractivity contribution < 1.29 is 28.7 Å². The van der Waals surface area contributed by atoms with Crippen molar-refractivity contribution in [1.82, 2.24) is 10.2 Å². The Morgan fingerprint density at radius 1 is 1.24 bits per heavy atom. The van der Waals surface area contributed by atoms with E-state index in [4.69, 9.17) is 21.1 Å². The molecule has 0 radical (unpaired) electrons. The average molecular weight is 425 g/mol. The molecule has 158 valence electrons. The fourth-order valence-electron chi connectivity index (χ4n) is 3.51. The van der Waals surface area contributed by atoms with Gasteiger partial charge in [-0.05, 0) is 32.3 Å². The number of hydrogen-bond acceptors (Lipinski definition) is 6. The molecule has 0 bridgehead atoms. The Bertz CT molecular complexity index is 799. The Hall–Kier alpha value is -2.61. The summed E-state index contributed by atoms with van der Waals surface area (Å²) in [4.78, 5) is 49.6. The minimum absolute atomic E-state index is 0.118. The lowest BCUT2D eigenvalue weighted by Gasteiger charge is -2.43. The first-order valence-electron chi connectivity index (χ1n) is 9.32. The smallest absolute Gasteiger partial charge is 0.413 e. The molecule has 1 aromatic rings. The highest BCUT2D eigenvalue weighted by Gasteiger charge is 2.48. The number of Topliss-reactive ketones (excluding diaryl/α,β-unsaturated/α-hetero) is 1. The monoisotopic (exact) mass is 424 g/mol. The van der Waals surface area contributed by atoms with Gasteiger partial charge in [-0.15, -0.1) is 0 Å². The van der Waals surface area contributed by atoms with Crippen LogP contribution in [0.15, 0.2) is 24.3 Å². The second kappa shape index (κ2) is 9.73. The molecule has 2 amide bonds. The van der Waals surface area contributed by atoms with Crippen LogP contribution in [0.3, 0.4) is 0 Å². The maximum atomic E-state index is 13.0. The lowest BCUT2D eigenvalue weighted by Crippen LogP contribution is -2.54. The second-order valence-electron chi connectivity index (χ2n) is 6.94. The molecule has 1 aliphatic carbocycles. The van der Waals surface area contributed by atoms with Gasteiger partial charge in [0, 0.05) is 31.0 Å². The van der Waals surface area contributed by atoms with Crippen LogP contribution in [-0.2, 0) is 29.4 Å². The highest BCUT2D eigenvalue weighted by Crippen LogP contribution is 2.42. The van der Waals surface area contributed by atoms with Gasteiger partial charge in [0.05, 0.1) is 0 Å². The number of esters is 1. The van der Waals surface area contributed by atoms with E-state index in [0.717, 1.165) is 12.8 Å². The van der Waals surface area contributed by atoms with Gasteiger partial charge in [-0.2, -0.15) is 0 Å². The lowest BCUT2D eigenvalue weighted by molar-refractivity contribution is -0.156. The van der Waals surface area contributed by atoms with E-state index < -0.39 is 30.4 Å². The first-order chi connectivity index (χ1) is 13.7.